The quantitative estimate of drug-likeness (QED) is 0.0356. The molecule has 47 heavy (non-hydrogen) atoms. The Hall–Kier alpha value is -0.760. The Labute approximate surface area is 273 Å². The Morgan fingerprint density at radius 3 is 1.15 bits per heavy atom. The van der Waals surface area contributed by atoms with Crippen LogP contribution in [0.3, 0.4) is 0 Å². The molecule has 0 spiro atoms. The molecule has 280 valence electrons. The maximum Gasteiger partial charge on any atom is 0.187 e. The van der Waals surface area contributed by atoms with Crippen molar-refractivity contribution in [1.29, 1.82) is 0 Å². The molecule has 0 amide bonds. The van der Waals surface area contributed by atoms with Crippen LogP contribution in [0.4, 0.5) is 0 Å². The first-order valence-corrected chi connectivity index (χ1v) is 15.7. The molecule has 2 aliphatic heterocycles. The average Bonchev–Trinajstić information content (AvgIpc) is 3.08. The Morgan fingerprint density at radius 2 is 0.681 bits per heavy atom. The molecule has 0 aliphatic carbocycles. The highest BCUT2D eigenvalue weighted by molar-refractivity contribution is 4.97. The van der Waals surface area contributed by atoms with E-state index in [1.807, 2.05) is 0 Å². The van der Waals surface area contributed by atoms with Crippen LogP contribution in [0.15, 0.2) is 0 Å². The van der Waals surface area contributed by atoms with Crippen LogP contribution < -0.4 is 0 Å². The lowest BCUT2D eigenvalue weighted by molar-refractivity contribution is -0.375. The van der Waals surface area contributed by atoms with Gasteiger partial charge in [0.15, 0.2) is 12.6 Å². The smallest absolute Gasteiger partial charge is 0.187 e. The van der Waals surface area contributed by atoms with Crippen molar-refractivity contribution >= 4 is 0 Å². The third kappa shape index (κ3) is 14.2. The van der Waals surface area contributed by atoms with E-state index >= 15 is 0 Å². The van der Waals surface area contributed by atoms with Gasteiger partial charge in [-0.1, -0.05) is 0 Å². The number of ether oxygens (including phenoxy) is 11. The summed E-state index contributed by atoms with van der Waals surface area (Å²) in [5.41, 5.74) is 0. The molecule has 8 N–H and O–H groups in total. The zero-order valence-corrected chi connectivity index (χ0v) is 26.6. The van der Waals surface area contributed by atoms with Gasteiger partial charge in [-0.25, -0.2) is 0 Å². The normalized spacial score (nSPS) is 31.4. The largest absolute Gasteiger partial charge is 0.394 e. The van der Waals surface area contributed by atoms with Gasteiger partial charge in [0.05, 0.1) is 119 Å². The van der Waals surface area contributed by atoms with E-state index in [0.717, 1.165) is 0 Å². The lowest BCUT2D eigenvalue weighted by atomic mass is 9.96. The molecule has 10 atom stereocenters. The second-order valence-electron chi connectivity index (χ2n) is 10.2. The predicted octanol–water partition coefficient (Wildman–Crippen LogP) is -5.26. The number of aliphatic hydroxyl groups excluding tert-OH is 8. The predicted molar refractivity (Wildman–Crippen MR) is 155 cm³/mol. The summed E-state index contributed by atoms with van der Waals surface area (Å²) in [7, 11) is 0. The average molecular weight is 695 g/mol. The van der Waals surface area contributed by atoms with Crippen molar-refractivity contribution in [1.82, 2.24) is 0 Å². The lowest BCUT2D eigenvalue weighted by Crippen LogP contribution is -2.67. The van der Waals surface area contributed by atoms with E-state index in [-0.39, 0.29) is 119 Å². The van der Waals surface area contributed by atoms with Crippen molar-refractivity contribution in [2.75, 3.05) is 119 Å². The molecular weight excluding hydrogens is 640 g/mol. The molecule has 2 fully saturated rings. The van der Waals surface area contributed by atoms with Crippen molar-refractivity contribution in [3.05, 3.63) is 0 Å². The molecule has 0 aromatic carbocycles. The number of hydrogen-bond acceptors (Lipinski definition) is 19. The van der Waals surface area contributed by atoms with Crippen molar-refractivity contribution < 1.29 is 93.0 Å². The summed E-state index contributed by atoms with van der Waals surface area (Å²) in [4.78, 5) is 0. The molecule has 0 aromatic heterocycles. The van der Waals surface area contributed by atoms with E-state index in [2.05, 4.69) is 0 Å². The van der Waals surface area contributed by atoms with Gasteiger partial charge in [-0.2, -0.15) is 0 Å². The van der Waals surface area contributed by atoms with Crippen LogP contribution in [0.2, 0.25) is 0 Å². The molecule has 8 unspecified atom stereocenters. The van der Waals surface area contributed by atoms with Gasteiger partial charge < -0.3 is 93.0 Å². The van der Waals surface area contributed by atoms with Gasteiger partial charge >= 0.3 is 0 Å². The fourth-order valence-electron chi connectivity index (χ4n) is 5.16. The minimum atomic E-state index is -1.33. The number of hydrogen-bond donors (Lipinski definition) is 8. The molecule has 2 aliphatic rings. The van der Waals surface area contributed by atoms with E-state index in [4.69, 9.17) is 52.1 Å². The Kier molecular flexibility index (Phi) is 23.6. The van der Waals surface area contributed by atoms with Crippen molar-refractivity contribution in [3.63, 3.8) is 0 Å². The van der Waals surface area contributed by atoms with Gasteiger partial charge in [0.25, 0.3) is 0 Å². The fraction of sp³-hybridized carbons (Fsp3) is 1.00. The third-order valence-electron chi connectivity index (χ3n) is 6.89. The van der Waals surface area contributed by atoms with Gasteiger partial charge in [-0.15, -0.1) is 0 Å². The molecule has 2 saturated heterocycles. The van der Waals surface area contributed by atoms with Crippen LogP contribution in [0, 0.1) is 0 Å². The summed E-state index contributed by atoms with van der Waals surface area (Å²) in [6.45, 7) is -3.94. The maximum atomic E-state index is 9.64. The van der Waals surface area contributed by atoms with Crippen molar-refractivity contribution in [2.24, 2.45) is 0 Å². The zero-order chi connectivity index (χ0) is 34.3. The Bertz CT molecular complexity index is 740. The molecule has 2 rings (SSSR count). The minimum Gasteiger partial charge on any atom is -0.394 e. The van der Waals surface area contributed by atoms with Gasteiger partial charge in [-0.3, -0.25) is 0 Å². The fourth-order valence-corrected chi connectivity index (χ4v) is 5.16. The monoisotopic (exact) mass is 694 g/mol. The highest BCUT2D eigenvalue weighted by Crippen LogP contribution is 2.35. The van der Waals surface area contributed by atoms with Crippen LogP contribution in [-0.4, -0.2) is 221 Å². The third-order valence-corrected chi connectivity index (χ3v) is 6.89. The van der Waals surface area contributed by atoms with E-state index in [1.165, 1.54) is 0 Å². The van der Waals surface area contributed by atoms with Crippen molar-refractivity contribution in [3.8, 4) is 0 Å². The topological polar surface area (TPSA) is 263 Å². The minimum absolute atomic E-state index is 0.0262. The summed E-state index contributed by atoms with van der Waals surface area (Å²) in [6.07, 6.45) is -10.7. The molecule has 0 bridgehead atoms. The van der Waals surface area contributed by atoms with Gasteiger partial charge in [-0.05, 0) is 0 Å². The van der Waals surface area contributed by atoms with Crippen LogP contribution in [0.1, 0.15) is 0 Å². The highest BCUT2D eigenvalue weighted by Gasteiger charge is 2.54. The first-order valence-electron chi connectivity index (χ1n) is 15.7. The Balaban J connectivity index is 2.57. The standard InChI is InChI=1S/C28H54O19/c29-1-9-37-17-19-21(39-11-3-31)23(40-12-4-32)26(43-15-7-35)28(46-19)47-22-20(18-38-10-2-30)45-27(44-16-8-36)25(42-14-6-34)24(22)41-13-5-33/h19-36H,1-18H2/t19?,20?,21?,22-,23?,24?,25?,26?,27?,28-/m0/s1. The summed E-state index contributed by atoms with van der Waals surface area (Å²) < 4.78 is 65.6. The lowest BCUT2D eigenvalue weighted by Gasteiger charge is -2.50. The molecule has 19 heteroatoms. The van der Waals surface area contributed by atoms with Gasteiger partial charge in [0.2, 0.25) is 0 Å². The summed E-state index contributed by atoms with van der Waals surface area (Å²) >= 11 is 0. The van der Waals surface area contributed by atoms with E-state index in [1.54, 1.807) is 0 Å². The summed E-state index contributed by atoms with van der Waals surface area (Å²) in [5.74, 6) is 0. The second-order valence-corrected chi connectivity index (χ2v) is 10.2. The number of aliphatic hydroxyl groups is 8. The van der Waals surface area contributed by atoms with Crippen LogP contribution in [0.25, 0.3) is 0 Å². The Morgan fingerprint density at radius 1 is 0.340 bits per heavy atom. The molecule has 0 aromatic rings. The highest BCUT2D eigenvalue weighted by atomic mass is 16.8. The zero-order valence-electron chi connectivity index (χ0n) is 26.6. The van der Waals surface area contributed by atoms with E-state index in [0.29, 0.717) is 0 Å². The molecular formula is C28H54O19. The first kappa shape index (κ1) is 42.4. The molecule has 0 saturated carbocycles. The maximum absolute atomic E-state index is 9.64. The first-order chi connectivity index (χ1) is 23.0. The number of rotatable bonds is 28. The molecule has 0 radical (unpaired) electrons. The SMILES string of the molecule is OCCOCC1O[C@@H](O[C@H]2C(COCCO)OC(OCCO)C(OCCO)C2OCCO)C(OCCO)C(OCCO)C1OCCO. The van der Waals surface area contributed by atoms with E-state index in [9.17, 15) is 40.9 Å². The second kappa shape index (κ2) is 26.1. The van der Waals surface area contributed by atoms with Crippen molar-refractivity contribution in [2.45, 2.75) is 61.4 Å². The summed E-state index contributed by atoms with van der Waals surface area (Å²) in [6, 6.07) is 0. The molecule has 2 heterocycles. The van der Waals surface area contributed by atoms with Crippen LogP contribution >= 0.6 is 0 Å². The van der Waals surface area contributed by atoms with Crippen LogP contribution in [0.5, 0.6) is 0 Å². The summed E-state index contributed by atoms with van der Waals surface area (Å²) in [5, 5.41) is 75.9. The van der Waals surface area contributed by atoms with Crippen LogP contribution in [-0.2, 0) is 52.1 Å². The van der Waals surface area contributed by atoms with Gasteiger partial charge in [0.1, 0.15) is 48.8 Å². The van der Waals surface area contributed by atoms with E-state index < -0.39 is 61.4 Å². The van der Waals surface area contributed by atoms with Gasteiger partial charge in [0, 0.05) is 0 Å². The molecule has 19 nitrogen and oxygen atoms in total.